The third-order valence-corrected chi connectivity index (χ3v) is 1.72. The fraction of sp³-hybridized carbons (Fsp3) is 0.875. The van der Waals surface area contributed by atoms with Gasteiger partial charge < -0.3 is 9.84 Å². The maximum absolute atomic E-state index is 10.0. The fourth-order valence-corrected chi connectivity index (χ4v) is 1.00. The van der Waals surface area contributed by atoms with Gasteiger partial charge in [-0.15, -0.1) is 0 Å². The highest BCUT2D eigenvalue weighted by atomic mass is 16.7. The van der Waals surface area contributed by atoms with E-state index in [9.17, 15) is 4.79 Å². The zero-order chi connectivity index (χ0) is 8.69. The van der Waals surface area contributed by atoms with Crippen LogP contribution in [0.1, 0.15) is 33.1 Å². The number of carbonyl (C=O) groups is 1. The van der Waals surface area contributed by atoms with Gasteiger partial charge in [0, 0.05) is 0 Å². The van der Waals surface area contributed by atoms with Gasteiger partial charge in [0.2, 0.25) is 0 Å². The average Bonchev–Trinajstić information content (AvgIpc) is 1.97. The van der Waals surface area contributed by atoms with Crippen LogP contribution in [0.5, 0.6) is 0 Å². The molecule has 1 N–H and O–H groups in total. The molecule has 0 aliphatic rings. The number of hydrogen-bond donors (Lipinski definition) is 1. The third kappa shape index (κ3) is 5.70. The topological polar surface area (TPSA) is 46.5 Å². The number of carboxylic acid groups (broad SMARTS) is 1. The fourth-order valence-electron chi connectivity index (χ4n) is 1.00. The lowest BCUT2D eigenvalue weighted by Gasteiger charge is -2.11. The Morgan fingerprint density at radius 3 is 2.55 bits per heavy atom. The smallest absolute Gasteiger partial charge is 0.450 e. The molecule has 0 saturated carbocycles. The average molecular weight is 160 g/mol. The van der Waals surface area contributed by atoms with E-state index < -0.39 is 6.16 Å². The summed E-state index contributed by atoms with van der Waals surface area (Å²) in [6.45, 7) is 4.48. The van der Waals surface area contributed by atoms with Crippen molar-refractivity contribution in [2.24, 2.45) is 5.92 Å². The Bertz CT molecular complexity index is 112. The Morgan fingerprint density at radius 1 is 1.55 bits per heavy atom. The van der Waals surface area contributed by atoms with E-state index >= 15 is 0 Å². The van der Waals surface area contributed by atoms with Crippen LogP contribution in [0.2, 0.25) is 0 Å². The van der Waals surface area contributed by atoms with Crippen LogP contribution in [0.4, 0.5) is 4.79 Å². The van der Waals surface area contributed by atoms with E-state index in [0.29, 0.717) is 12.5 Å². The van der Waals surface area contributed by atoms with Crippen LogP contribution < -0.4 is 0 Å². The summed E-state index contributed by atoms with van der Waals surface area (Å²) in [5, 5.41) is 8.20. The maximum Gasteiger partial charge on any atom is 0.505 e. The van der Waals surface area contributed by atoms with Gasteiger partial charge in [-0.1, -0.05) is 26.7 Å². The van der Waals surface area contributed by atoms with E-state index in [0.717, 1.165) is 19.3 Å². The summed E-state index contributed by atoms with van der Waals surface area (Å²) in [5.41, 5.74) is 0. The Morgan fingerprint density at radius 2 is 2.18 bits per heavy atom. The van der Waals surface area contributed by atoms with Gasteiger partial charge in [-0.25, -0.2) is 4.79 Å². The number of ether oxygens (including phenoxy) is 1. The Kier molecular flexibility index (Phi) is 5.61. The molecule has 0 aromatic heterocycles. The molecule has 1 atom stereocenters. The van der Waals surface area contributed by atoms with Crippen molar-refractivity contribution < 1.29 is 14.6 Å². The van der Waals surface area contributed by atoms with Crippen LogP contribution in [0.3, 0.4) is 0 Å². The van der Waals surface area contributed by atoms with Crippen LogP contribution in [0, 0.1) is 5.92 Å². The van der Waals surface area contributed by atoms with Crippen LogP contribution in [0.25, 0.3) is 0 Å². The van der Waals surface area contributed by atoms with Crippen molar-refractivity contribution in [1.29, 1.82) is 0 Å². The van der Waals surface area contributed by atoms with Crippen molar-refractivity contribution in [3.63, 3.8) is 0 Å². The molecular formula is C8H16O3. The van der Waals surface area contributed by atoms with Gasteiger partial charge in [0.05, 0.1) is 6.61 Å². The molecule has 0 radical (unpaired) electrons. The van der Waals surface area contributed by atoms with Gasteiger partial charge in [-0.05, 0) is 12.3 Å². The second-order valence-corrected chi connectivity index (χ2v) is 2.64. The van der Waals surface area contributed by atoms with Crippen LogP contribution in [-0.4, -0.2) is 17.9 Å². The maximum atomic E-state index is 10.0. The first-order valence-electron chi connectivity index (χ1n) is 4.06. The monoisotopic (exact) mass is 160 g/mol. The van der Waals surface area contributed by atoms with Gasteiger partial charge in [-0.2, -0.15) is 0 Å². The second kappa shape index (κ2) is 6.01. The lowest BCUT2D eigenvalue weighted by Crippen LogP contribution is -2.11. The molecule has 0 aliphatic heterocycles. The Labute approximate surface area is 67.4 Å². The van der Waals surface area contributed by atoms with Crippen molar-refractivity contribution >= 4 is 6.16 Å². The summed E-state index contributed by atoms with van der Waals surface area (Å²) < 4.78 is 4.46. The molecule has 1 unspecified atom stereocenters. The molecule has 3 nitrogen and oxygen atoms in total. The van der Waals surface area contributed by atoms with Gasteiger partial charge in [-0.3, -0.25) is 0 Å². The summed E-state index contributed by atoms with van der Waals surface area (Å²) in [4.78, 5) is 10.0. The highest BCUT2D eigenvalue weighted by molar-refractivity contribution is 5.56. The predicted molar refractivity (Wildman–Crippen MR) is 42.7 cm³/mol. The van der Waals surface area contributed by atoms with Crippen LogP contribution >= 0.6 is 0 Å². The highest BCUT2D eigenvalue weighted by Crippen LogP contribution is 2.10. The van der Waals surface area contributed by atoms with Crippen LogP contribution in [-0.2, 0) is 4.74 Å². The summed E-state index contributed by atoms with van der Waals surface area (Å²) in [5.74, 6) is 0.399. The number of rotatable bonds is 5. The lowest BCUT2D eigenvalue weighted by molar-refractivity contribution is 0.0746. The molecule has 0 fully saturated rings. The van der Waals surface area contributed by atoms with E-state index in [1.54, 1.807) is 0 Å². The molecule has 0 amide bonds. The van der Waals surface area contributed by atoms with Crippen molar-refractivity contribution in [3.05, 3.63) is 0 Å². The standard InChI is InChI=1S/C8H16O3/c1-3-5-7(4-2)6-11-8(9)10/h7H,3-6H2,1-2H3,(H,9,10). The molecule has 0 aliphatic carbocycles. The first-order chi connectivity index (χ1) is 5.20. The Balaban J connectivity index is 3.43. The Hall–Kier alpha value is -0.730. The summed E-state index contributed by atoms with van der Waals surface area (Å²) >= 11 is 0. The molecule has 0 heterocycles. The zero-order valence-electron chi connectivity index (χ0n) is 7.17. The van der Waals surface area contributed by atoms with Crippen molar-refractivity contribution in [2.75, 3.05) is 6.61 Å². The first-order valence-corrected chi connectivity index (χ1v) is 4.06. The van der Waals surface area contributed by atoms with Crippen LogP contribution in [0.15, 0.2) is 0 Å². The third-order valence-electron chi connectivity index (χ3n) is 1.72. The molecule has 0 rings (SSSR count). The quantitative estimate of drug-likeness (QED) is 0.628. The molecule has 11 heavy (non-hydrogen) atoms. The molecule has 0 aromatic carbocycles. The van der Waals surface area contributed by atoms with Gasteiger partial charge in [0.15, 0.2) is 0 Å². The minimum absolute atomic E-state index is 0.347. The summed E-state index contributed by atoms with van der Waals surface area (Å²) in [7, 11) is 0. The molecule has 0 bridgehead atoms. The van der Waals surface area contributed by atoms with Crippen molar-refractivity contribution in [1.82, 2.24) is 0 Å². The molecule has 3 heteroatoms. The molecular weight excluding hydrogens is 144 g/mol. The SMILES string of the molecule is CCCC(CC)COC(=O)O. The van der Waals surface area contributed by atoms with Crippen molar-refractivity contribution in [3.8, 4) is 0 Å². The lowest BCUT2D eigenvalue weighted by atomic mass is 10.0. The second-order valence-electron chi connectivity index (χ2n) is 2.64. The van der Waals surface area contributed by atoms with E-state index in [2.05, 4.69) is 11.7 Å². The van der Waals surface area contributed by atoms with E-state index in [1.807, 2.05) is 6.92 Å². The minimum atomic E-state index is -1.17. The largest absolute Gasteiger partial charge is 0.505 e. The zero-order valence-corrected chi connectivity index (χ0v) is 7.17. The van der Waals surface area contributed by atoms with E-state index in [4.69, 9.17) is 5.11 Å². The first kappa shape index (κ1) is 10.3. The molecule has 0 saturated heterocycles. The molecule has 0 aromatic rings. The minimum Gasteiger partial charge on any atom is -0.450 e. The highest BCUT2D eigenvalue weighted by Gasteiger charge is 2.07. The predicted octanol–water partition coefficient (Wildman–Crippen LogP) is 2.51. The van der Waals surface area contributed by atoms with Gasteiger partial charge in [0.1, 0.15) is 0 Å². The van der Waals surface area contributed by atoms with E-state index in [-0.39, 0.29) is 0 Å². The van der Waals surface area contributed by atoms with Crippen molar-refractivity contribution in [2.45, 2.75) is 33.1 Å². The molecule has 66 valence electrons. The van der Waals surface area contributed by atoms with Gasteiger partial charge in [0.25, 0.3) is 0 Å². The van der Waals surface area contributed by atoms with E-state index in [1.165, 1.54) is 0 Å². The summed E-state index contributed by atoms with van der Waals surface area (Å²) in [6.07, 6.45) is 1.95. The normalized spacial score (nSPS) is 12.5. The number of hydrogen-bond acceptors (Lipinski definition) is 2. The summed E-state index contributed by atoms with van der Waals surface area (Å²) in [6, 6.07) is 0. The van der Waals surface area contributed by atoms with Gasteiger partial charge >= 0.3 is 6.16 Å². The molecule has 0 spiro atoms.